The third kappa shape index (κ3) is 7.71. The van der Waals surface area contributed by atoms with Gasteiger partial charge in [-0.15, -0.1) is 0 Å². The molecule has 0 aromatic rings. The summed E-state index contributed by atoms with van der Waals surface area (Å²) in [5.41, 5.74) is -0.113. The van der Waals surface area contributed by atoms with Crippen molar-refractivity contribution in [1.29, 1.82) is 0 Å². The molecule has 0 aliphatic heterocycles. The van der Waals surface area contributed by atoms with Crippen LogP contribution in [0.1, 0.15) is 19.8 Å². The van der Waals surface area contributed by atoms with E-state index >= 15 is 0 Å². The molecular weight excluding hydrogens is 276 g/mol. The standard InChI is InChI=1S/C15H20O6/c1-5-8-9-19-15(18)11(4)12(21-14(17)7-3)10-20-13(16)6-2/h6-7,12H,2-5,8-10H2,1H3. The van der Waals surface area contributed by atoms with Gasteiger partial charge in [0.25, 0.3) is 0 Å². The molecule has 21 heavy (non-hydrogen) atoms. The van der Waals surface area contributed by atoms with Crippen LogP contribution in [0.5, 0.6) is 0 Å². The average molecular weight is 296 g/mol. The van der Waals surface area contributed by atoms with Gasteiger partial charge in [-0.2, -0.15) is 0 Å². The molecule has 0 N–H and O–H groups in total. The van der Waals surface area contributed by atoms with Gasteiger partial charge in [0.05, 0.1) is 12.2 Å². The Morgan fingerprint density at radius 3 is 2.24 bits per heavy atom. The minimum absolute atomic E-state index is 0.113. The Morgan fingerprint density at radius 1 is 1.10 bits per heavy atom. The van der Waals surface area contributed by atoms with Gasteiger partial charge >= 0.3 is 17.9 Å². The molecule has 0 saturated carbocycles. The molecule has 0 saturated heterocycles. The van der Waals surface area contributed by atoms with Gasteiger partial charge in [0.2, 0.25) is 0 Å². The van der Waals surface area contributed by atoms with Crippen LogP contribution in [0.25, 0.3) is 0 Å². The number of unbranched alkanes of at least 4 members (excludes halogenated alkanes) is 1. The van der Waals surface area contributed by atoms with Gasteiger partial charge < -0.3 is 14.2 Å². The van der Waals surface area contributed by atoms with Crippen LogP contribution in [0, 0.1) is 0 Å². The predicted octanol–water partition coefficient (Wildman–Crippen LogP) is 1.71. The van der Waals surface area contributed by atoms with Crippen LogP contribution < -0.4 is 0 Å². The fourth-order valence-electron chi connectivity index (χ4n) is 1.14. The highest BCUT2D eigenvalue weighted by atomic mass is 16.6. The van der Waals surface area contributed by atoms with E-state index < -0.39 is 24.0 Å². The van der Waals surface area contributed by atoms with Gasteiger partial charge in [-0.25, -0.2) is 14.4 Å². The first kappa shape index (κ1) is 18.6. The quantitative estimate of drug-likeness (QED) is 0.264. The van der Waals surface area contributed by atoms with Crippen LogP contribution in [0.4, 0.5) is 0 Å². The molecule has 0 radical (unpaired) electrons. The molecule has 0 aromatic heterocycles. The maximum Gasteiger partial charge on any atom is 0.337 e. The van der Waals surface area contributed by atoms with E-state index in [0.29, 0.717) is 6.42 Å². The van der Waals surface area contributed by atoms with Gasteiger partial charge in [-0.05, 0) is 6.42 Å². The Bertz CT molecular complexity index is 424. The Balaban J connectivity index is 4.67. The molecular formula is C15H20O6. The number of esters is 3. The van der Waals surface area contributed by atoms with Crippen molar-refractivity contribution in [1.82, 2.24) is 0 Å². The minimum Gasteiger partial charge on any atom is -0.462 e. The van der Waals surface area contributed by atoms with Gasteiger partial charge in [0, 0.05) is 12.2 Å². The zero-order valence-electron chi connectivity index (χ0n) is 12.1. The first-order valence-corrected chi connectivity index (χ1v) is 6.44. The van der Waals surface area contributed by atoms with E-state index in [-0.39, 0.29) is 18.8 Å². The van der Waals surface area contributed by atoms with Gasteiger partial charge in [0.1, 0.15) is 6.61 Å². The molecule has 1 unspecified atom stereocenters. The summed E-state index contributed by atoms with van der Waals surface area (Å²) in [6.45, 7) is 11.8. The molecule has 6 nitrogen and oxygen atoms in total. The first-order valence-electron chi connectivity index (χ1n) is 6.44. The summed E-state index contributed by atoms with van der Waals surface area (Å²) in [5, 5.41) is 0. The number of hydrogen-bond acceptors (Lipinski definition) is 6. The molecule has 0 bridgehead atoms. The molecule has 0 spiro atoms. The van der Waals surface area contributed by atoms with Crippen molar-refractivity contribution in [3.05, 3.63) is 37.5 Å². The Labute approximate surface area is 124 Å². The third-order valence-corrected chi connectivity index (χ3v) is 2.35. The maximum absolute atomic E-state index is 11.7. The van der Waals surface area contributed by atoms with Crippen LogP contribution in [0.3, 0.4) is 0 Å². The molecule has 0 aromatic carbocycles. The first-order chi connectivity index (χ1) is 9.96. The van der Waals surface area contributed by atoms with E-state index in [2.05, 4.69) is 19.7 Å². The van der Waals surface area contributed by atoms with E-state index in [0.717, 1.165) is 18.6 Å². The number of rotatable bonds is 10. The van der Waals surface area contributed by atoms with E-state index in [1.54, 1.807) is 0 Å². The normalized spacial score (nSPS) is 10.9. The molecule has 0 fully saturated rings. The Morgan fingerprint density at radius 2 is 1.71 bits per heavy atom. The van der Waals surface area contributed by atoms with Crippen molar-refractivity contribution in [3.8, 4) is 0 Å². The topological polar surface area (TPSA) is 78.9 Å². The van der Waals surface area contributed by atoms with Gasteiger partial charge in [-0.3, -0.25) is 0 Å². The summed E-state index contributed by atoms with van der Waals surface area (Å²) in [4.78, 5) is 34.0. The molecule has 0 heterocycles. The summed E-state index contributed by atoms with van der Waals surface area (Å²) in [6, 6.07) is 0. The fraction of sp³-hybridized carbons (Fsp3) is 0.400. The third-order valence-electron chi connectivity index (χ3n) is 2.35. The predicted molar refractivity (Wildman–Crippen MR) is 76.2 cm³/mol. The zero-order valence-corrected chi connectivity index (χ0v) is 12.1. The SMILES string of the molecule is C=CC(=O)OCC(OC(=O)C=C)C(=C)C(=O)OCCCC. The second kappa shape index (κ2) is 10.4. The number of ether oxygens (including phenoxy) is 3. The van der Waals surface area contributed by atoms with Crippen LogP contribution in [0.15, 0.2) is 37.5 Å². The summed E-state index contributed by atoms with van der Waals surface area (Å²) < 4.78 is 14.6. The summed E-state index contributed by atoms with van der Waals surface area (Å²) in [5.74, 6) is -2.18. The maximum atomic E-state index is 11.7. The summed E-state index contributed by atoms with van der Waals surface area (Å²) >= 11 is 0. The summed E-state index contributed by atoms with van der Waals surface area (Å²) in [7, 11) is 0. The van der Waals surface area contributed by atoms with E-state index in [1.807, 2.05) is 6.92 Å². The smallest absolute Gasteiger partial charge is 0.337 e. The van der Waals surface area contributed by atoms with Crippen molar-refractivity contribution in [2.24, 2.45) is 0 Å². The molecule has 1 atom stereocenters. The second-order valence-corrected chi connectivity index (χ2v) is 3.98. The van der Waals surface area contributed by atoms with Gasteiger partial charge in [0.15, 0.2) is 6.10 Å². The van der Waals surface area contributed by atoms with Crippen LogP contribution >= 0.6 is 0 Å². The highest BCUT2D eigenvalue weighted by Crippen LogP contribution is 2.10. The van der Waals surface area contributed by atoms with Crippen molar-refractivity contribution in [2.45, 2.75) is 25.9 Å². The zero-order chi connectivity index (χ0) is 16.3. The second-order valence-electron chi connectivity index (χ2n) is 3.98. The largest absolute Gasteiger partial charge is 0.462 e. The molecule has 6 heteroatoms. The van der Waals surface area contributed by atoms with Crippen molar-refractivity contribution < 1.29 is 28.6 Å². The average Bonchev–Trinajstić information content (AvgIpc) is 2.49. The van der Waals surface area contributed by atoms with Crippen LogP contribution in [-0.4, -0.2) is 37.2 Å². The van der Waals surface area contributed by atoms with Gasteiger partial charge in [-0.1, -0.05) is 33.1 Å². The Kier molecular flexibility index (Phi) is 9.25. The minimum atomic E-state index is -1.13. The Hall–Kier alpha value is -2.37. The fourth-order valence-corrected chi connectivity index (χ4v) is 1.14. The van der Waals surface area contributed by atoms with Crippen LogP contribution in [-0.2, 0) is 28.6 Å². The van der Waals surface area contributed by atoms with Crippen molar-refractivity contribution >= 4 is 17.9 Å². The monoisotopic (exact) mass is 296 g/mol. The molecule has 0 aliphatic carbocycles. The molecule has 0 aliphatic rings. The number of hydrogen-bond donors (Lipinski definition) is 0. The lowest BCUT2D eigenvalue weighted by Crippen LogP contribution is -2.30. The highest BCUT2D eigenvalue weighted by Gasteiger charge is 2.25. The van der Waals surface area contributed by atoms with E-state index in [4.69, 9.17) is 14.2 Å². The number of carbonyl (C=O) groups is 3. The lowest BCUT2D eigenvalue weighted by atomic mass is 10.2. The summed E-state index contributed by atoms with van der Waals surface area (Å²) in [6.07, 6.45) is 2.33. The van der Waals surface area contributed by atoms with Crippen LogP contribution in [0.2, 0.25) is 0 Å². The molecule has 0 amide bonds. The lowest BCUT2D eigenvalue weighted by Gasteiger charge is -2.18. The number of carbonyl (C=O) groups excluding carboxylic acids is 3. The lowest BCUT2D eigenvalue weighted by molar-refractivity contribution is -0.153. The highest BCUT2D eigenvalue weighted by molar-refractivity contribution is 5.90. The molecule has 0 rings (SSSR count). The molecule has 116 valence electrons. The van der Waals surface area contributed by atoms with E-state index in [1.165, 1.54) is 0 Å². The van der Waals surface area contributed by atoms with E-state index in [9.17, 15) is 14.4 Å². The van der Waals surface area contributed by atoms with Crippen molar-refractivity contribution in [3.63, 3.8) is 0 Å². The van der Waals surface area contributed by atoms with Crippen molar-refractivity contribution in [2.75, 3.05) is 13.2 Å².